The van der Waals surface area contributed by atoms with Crippen LogP contribution >= 0.6 is 14.5 Å². The molecule has 0 unspecified atom stereocenters. The number of hydrogen-bond acceptors (Lipinski definition) is 20. The van der Waals surface area contributed by atoms with Crippen LogP contribution < -0.4 is 16.2 Å². The van der Waals surface area contributed by atoms with Crippen LogP contribution in [0.25, 0.3) is 22.3 Å². The molecule has 2 aromatic carbocycles. The first-order chi connectivity index (χ1) is 34.7. The average Bonchev–Trinajstić information content (AvgIpc) is 4.14. The van der Waals surface area contributed by atoms with Gasteiger partial charge in [0.2, 0.25) is 5.95 Å². The number of benzene rings is 2. The first-order valence-corrected chi connectivity index (χ1v) is 26.3. The van der Waals surface area contributed by atoms with Crippen molar-refractivity contribution < 1.29 is 75.7 Å². The zero-order valence-electron chi connectivity index (χ0n) is 39.2. The molecule has 73 heavy (non-hydrogen) atoms. The number of nitrogens with one attached hydrogen (secondary N) is 3. The summed E-state index contributed by atoms with van der Waals surface area (Å²) in [6.45, 7) is 0.0887. The molecule has 30 heteroatoms. The summed E-state index contributed by atoms with van der Waals surface area (Å²) in [5.41, 5.74) is -0.286. The topological polar surface area (TPSA) is 351 Å². The number of ether oxygens (including phenoxy) is 5. The maximum absolute atomic E-state index is 13.4. The third-order valence-corrected chi connectivity index (χ3v) is 13.3. The largest absolute Gasteiger partial charge is 0.469 e. The Kier molecular flexibility index (Phi) is 16.0. The summed E-state index contributed by atoms with van der Waals surface area (Å²) < 4.78 is 61.5. The van der Waals surface area contributed by atoms with E-state index in [-0.39, 0.29) is 39.7 Å². The van der Waals surface area contributed by atoms with Gasteiger partial charge in [0.15, 0.2) is 52.8 Å². The summed E-state index contributed by atoms with van der Waals surface area (Å²) in [5.74, 6) is -4.25. The molecule has 0 bridgehead atoms. The van der Waals surface area contributed by atoms with Gasteiger partial charge < -0.3 is 48.2 Å². The number of imidazole rings is 2. The molecule has 0 saturated carbocycles. The standard InChI is InChI=1S/C43H48N10O17P2S/c1-21(2)41(57)68-29-25(66-40(32(29)69-42(58)22(3)4)53-20-47-28-35(53)49-43(51-38(28)56)50-37(55)24-14-10-7-11-15-24)17-65-72(62,73)70-30-26(16-64-71(59,60)61)67-39(31(30)63-5)52-19-46-27-33(44-18-45-34(27)52)48-36(54)23-12-8-6-9-13-23/h6-15,18-22,25-26,29-32,39-40H,16-17H2,1-5H3,(H,62,73)(H2,59,60,61)(H,44,45,48,54)(H2,49,50,51,55,56)/t25-,26-,29-,30-,31-,32-,39-,40-,72+/m1/s1. The highest BCUT2D eigenvalue weighted by Gasteiger charge is 2.54. The van der Waals surface area contributed by atoms with Gasteiger partial charge in [-0.3, -0.25) is 52.5 Å². The highest BCUT2D eigenvalue weighted by molar-refractivity contribution is 8.07. The number of phosphoric acid groups is 1. The quantitative estimate of drug-likeness (QED) is 0.0501. The lowest BCUT2D eigenvalue weighted by molar-refractivity contribution is -0.172. The Morgan fingerprint density at radius 3 is 1.85 bits per heavy atom. The van der Waals surface area contributed by atoms with Crippen LogP contribution in [0.2, 0.25) is 0 Å². The number of H-pyrrole nitrogens is 1. The summed E-state index contributed by atoms with van der Waals surface area (Å²) in [6, 6.07) is 16.4. The van der Waals surface area contributed by atoms with Crippen LogP contribution in [0.1, 0.15) is 60.9 Å². The van der Waals surface area contributed by atoms with E-state index in [0.717, 1.165) is 6.33 Å². The molecular weight excluding hydrogens is 1020 g/mol. The second-order valence-electron chi connectivity index (χ2n) is 17.0. The van der Waals surface area contributed by atoms with E-state index < -0.39 is 118 Å². The fourth-order valence-electron chi connectivity index (χ4n) is 7.68. The lowest BCUT2D eigenvalue weighted by Crippen LogP contribution is -2.42. The number of nitrogens with zero attached hydrogens (tertiary/aromatic N) is 7. The number of anilines is 2. The predicted molar refractivity (Wildman–Crippen MR) is 256 cm³/mol. The minimum atomic E-state index is -5.14. The van der Waals surface area contributed by atoms with Crippen molar-refractivity contribution in [1.82, 2.24) is 39.0 Å². The van der Waals surface area contributed by atoms with Crippen LogP contribution in [0.4, 0.5) is 11.8 Å². The number of amides is 2. The number of carbonyl (C=O) groups is 4. The zero-order chi connectivity index (χ0) is 52.4. The maximum atomic E-state index is 13.4. The highest BCUT2D eigenvalue weighted by Crippen LogP contribution is 2.51. The van der Waals surface area contributed by atoms with E-state index in [1.54, 1.807) is 88.4 Å². The molecule has 2 fully saturated rings. The molecule has 6 N–H and O–H groups in total. The van der Waals surface area contributed by atoms with Crippen molar-refractivity contribution in [3.05, 3.63) is 101 Å². The van der Waals surface area contributed by atoms with Crippen molar-refractivity contribution in [3.8, 4) is 0 Å². The van der Waals surface area contributed by atoms with Gasteiger partial charge in [-0.25, -0.2) is 24.5 Å². The van der Waals surface area contributed by atoms with E-state index >= 15 is 0 Å². The molecule has 2 amide bonds. The number of rotatable bonds is 19. The number of esters is 2. The smallest absolute Gasteiger partial charge is 0.455 e. The van der Waals surface area contributed by atoms with Gasteiger partial charge in [-0.15, -0.1) is 0 Å². The Morgan fingerprint density at radius 2 is 1.26 bits per heavy atom. The molecule has 4 aromatic heterocycles. The van der Waals surface area contributed by atoms with Crippen LogP contribution in [0, 0.1) is 11.8 Å². The number of aromatic nitrogens is 8. The predicted octanol–water partition coefficient (Wildman–Crippen LogP) is 3.14. The van der Waals surface area contributed by atoms with Gasteiger partial charge in [0.25, 0.3) is 17.4 Å². The monoisotopic (exact) mass is 1070 g/mol. The van der Waals surface area contributed by atoms with E-state index in [0.29, 0.717) is 5.56 Å². The number of aromatic amines is 1. The van der Waals surface area contributed by atoms with Crippen molar-refractivity contribution in [3.63, 3.8) is 0 Å². The third kappa shape index (κ3) is 12.1. The second kappa shape index (κ2) is 22.1. The summed E-state index contributed by atoms with van der Waals surface area (Å²) >= 11 is 5.50. The first-order valence-electron chi connectivity index (χ1n) is 22.2. The number of phosphoric ester groups is 1. The third-order valence-electron chi connectivity index (χ3n) is 11.2. The number of methoxy groups -OCH3 is 1. The van der Waals surface area contributed by atoms with Crippen molar-refractivity contribution in [1.29, 1.82) is 0 Å². The molecule has 2 aliphatic heterocycles. The Labute approximate surface area is 418 Å². The molecule has 388 valence electrons. The average molecular weight is 1070 g/mol. The minimum Gasteiger partial charge on any atom is -0.455 e. The minimum absolute atomic E-state index is 0.0381. The van der Waals surface area contributed by atoms with Gasteiger partial charge in [0.05, 0.1) is 37.7 Å². The molecule has 2 aliphatic rings. The van der Waals surface area contributed by atoms with Crippen LogP contribution in [-0.4, -0.2) is 134 Å². The molecular formula is C43H48N10O17P2S. The van der Waals surface area contributed by atoms with Gasteiger partial charge in [0.1, 0.15) is 30.7 Å². The molecule has 0 radical (unpaired) electrons. The van der Waals surface area contributed by atoms with E-state index in [9.17, 15) is 43.2 Å². The van der Waals surface area contributed by atoms with Crippen molar-refractivity contribution in [2.75, 3.05) is 31.0 Å². The Balaban J connectivity index is 1.08. The Morgan fingerprint density at radius 1 is 0.726 bits per heavy atom. The molecule has 2 saturated heterocycles. The summed E-state index contributed by atoms with van der Waals surface area (Å²) in [7, 11) is -3.88. The molecule has 9 atom stereocenters. The first kappa shape index (κ1) is 53.0. The SMILES string of the molecule is CO[C@@H]1[C@H](O[P@@](O)(=S)OC[C@H]2O[C@@H](n3cnc4c(=O)[nH]c(NC(=O)c5ccccc5)nc43)[C@H](OC(=O)C(C)C)[C@@H]2OC(=O)C(C)C)[C@@H](COP(=O)(O)O)O[C@H]1n1cnc2c(NC(=O)c3ccccc3)ncnc21. The van der Waals surface area contributed by atoms with Gasteiger partial charge in [-0.1, -0.05) is 64.1 Å². The number of fused-ring (bicyclic) bond motifs is 2. The van der Waals surface area contributed by atoms with E-state index in [4.69, 9.17) is 49.1 Å². The molecule has 8 rings (SSSR count). The van der Waals surface area contributed by atoms with Crippen molar-refractivity contribution >= 4 is 84.2 Å². The van der Waals surface area contributed by atoms with E-state index in [2.05, 4.69) is 40.5 Å². The van der Waals surface area contributed by atoms with Crippen LogP contribution in [0.5, 0.6) is 0 Å². The van der Waals surface area contributed by atoms with Crippen molar-refractivity contribution in [2.24, 2.45) is 11.8 Å². The summed E-state index contributed by atoms with van der Waals surface area (Å²) in [5, 5.41) is 5.23. The van der Waals surface area contributed by atoms with E-state index in [1.165, 1.54) is 28.9 Å². The normalized spacial score (nSPS) is 22.9. The summed E-state index contributed by atoms with van der Waals surface area (Å²) in [4.78, 5) is 121. The summed E-state index contributed by atoms with van der Waals surface area (Å²) in [6.07, 6.45) is -7.80. The Bertz CT molecular complexity index is 3160. The highest BCUT2D eigenvalue weighted by atomic mass is 32.5. The maximum Gasteiger partial charge on any atom is 0.469 e. The molecule has 6 aromatic rings. The van der Waals surface area contributed by atoms with Crippen LogP contribution in [-0.2, 0) is 63.2 Å². The van der Waals surface area contributed by atoms with Gasteiger partial charge in [-0.05, 0) is 36.1 Å². The van der Waals surface area contributed by atoms with Crippen molar-refractivity contribution in [2.45, 2.75) is 76.8 Å². The van der Waals surface area contributed by atoms with E-state index in [1.807, 2.05) is 0 Å². The number of hydrogen-bond donors (Lipinski definition) is 6. The fraction of sp³-hybridized carbons (Fsp3) is 0.395. The van der Waals surface area contributed by atoms with Crippen LogP contribution in [0.15, 0.2) is 84.4 Å². The lowest BCUT2D eigenvalue weighted by atomic mass is 10.1. The van der Waals surface area contributed by atoms with Crippen LogP contribution in [0.3, 0.4) is 0 Å². The van der Waals surface area contributed by atoms with Gasteiger partial charge >= 0.3 is 26.5 Å². The lowest BCUT2D eigenvalue weighted by Gasteiger charge is -2.28. The Hall–Kier alpha value is -6.26. The molecule has 0 spiro atoms. The molecule has 6 heterocycles. The fourth-order valence-corrected chi connectivity index (χ4v) is 9.46. The number of carbonyl (C=O) groups excluding carboxylic acids is 4. The van der Waals surface area contributed by atoms with Gasteiger partial charge in [-0.2, -0.15) is 4.98 Å². The molecule has 27 nitrogen and oxygen atoms in total. The molecule has 0 aliphatic carbocycles. The zero-order valence-corrected chi connectivity index (χ0v) is 41.8. The second-order valence-corrected chi connectivity index (χ2v) is 21.0. The van der Waals surface area contributed by atoms with Gasteiger partial charge in [0, 0.05) is 18.2 Å².